The average Bonchev–Trinajstić information content (AvgIpc) is 2.79. The zero-order valence-electron chi connectivity index (χ0n) is 18.0. The van der Waals surface area contributed by atoms with Gasteiger partial charge in [0, 0.05) is 18.1 Å². The number of amides is 1. The highest BCUT2D eigenvalue weighted by atomic mass is 32.2. The zero-order valence-corrected chi connectivity index (χ0v) is 19.6. The van der Waals surface area contributed by atoms with Crippen LogP contribution in [0, 0.1) is 18.6 Å². The molecule has 1 N–H and O–H groups in total. The molecule has 0 bridgehead atoms. The van der Waals surface area contributed by atoms with Gasteiger partial charge < -0.3 is 5.32 Å². The van der Waals surface area contributed by atoms with Crippen LogP contribution in [0.15, 0.2) is 77.7 Å². The van der Waals surface area contributed by atoms with E-state index < -0.39 is 34.1 Å². The molecule has 33 heavy (non-hydrogen) atoms. The Bertz CT molecular complexity index is 1170. The number of hydrogen-bond donors (Lipinski definition) is 1. The first-order valence-electron chi connectivity index (χ1n) is 10.2. The second kappa shape index (κ2) is 11.3. The van der Waals surface area contributed by atoms with Gasteiger partial charge in [0.25, 0.3) is 10.0 Å². The molecular formula is C24H24F2N2O3S2. The van der Waals surface area contributed by atoms with Crippen LogP contribution in [0.2, 0.25) is 0 Å². The molecule has 0 aliphatic heterocycles. The minimum absolute atomic E-state index is 0.129. The fourth-order valence-corrected chi connectivity index (χ4v) is 5.22. The van der Waals surface area contributed by atoms with E-state index in [0.717, 1.165) is 46.5 Å². The van der Waals surface area contributed by atoms with Crippen molar-refractivity contribution in [2.45, 2.75) is 17.6 Å². The van der Waals surface area contributed by atoms with Gasteiger partial charge in [-0.2, -0.15) is 11.8 Å². The average molecular weight is 491 g/mol. The third kappa shape index (κ3) is 7.03. The van der Waals surface area contributed by atoms with Crippen molar-refractivity contribution >= 4 is 33.4 Å². The quantitative estimate of drug-likeness (QED) is 0.425. The van der Waals surface area contributed by atoms with Crippen LogP contribution in [0.25, 0.3) is 0 Å². The lowest BCUT2D eigenvalue weighted by atomic mass is 10.2. The van der Waals surface area contributed by atoms with E-state index in [-0.39, 0.29) is 10.6 Å². The first kappa shape index (κ1) is 24.7. The third-order valence-corrected chi connectivity index (χ3v) is 7.58. The smallest absolute Gasteiger partial charge is 0.264 e. The predicted octanol–water partition coefficient (Wildman–Crippen LogP) is 4.52. The number of benzene rings is 3. The molecule has 0 unspecified atom stereocenters. The van der Waals surface area contributed by atoms with Crippen LogP contribution < -0.4 is 9.62 Å². The molecule has 1 amide bonds. The maximum atomic E-state index is 13.4. The second-order valence-corrected chi connectivity index (χ2v) is 10.3. The third-order valence-electron chi connectivity index (χ3n) is 4.76. The van der Waals surface area contributed by atoms with Gasteiger partial charge in [0.15, 0.2) is 0 Å². The summed E-state index contributed by atoms with van der Waals surface area (Å²) in [4.78, 5) is 12.4. The van der Waals surface area contributed by atoms with E-state index >= 15 is 0 Å². The molecule has 5 nitrogen and oxygen atoms in total. The van der Waals surface area contributed by atoms with Gasteiger partial charge in [-0.1, -0.05) is 29.8 Å². The van der Waals surface area contributed by atoms with Gasteiger partial charge in [-0.15, -0.1) is 0 Å². The molecule has 0 spiro atoms. The monoisotopic (exact) mass is 490 g/mol. The lowest BCUT2D eigenvalue weighted by Crippen LogP contribution is -2.41. The standard InChI is InChI=1S/C24H24F2N2O3S2/c1-18-2-4-19(5-3-18)17-32-15-14-27-24(29)16-28(22-10-6-20(25)7-11-22)33(30,31)23-12-8-21(26)9-13-23/h2-13H,14-17H2,1H3,(H,27,29). The molecular weight excluding hydrogens is 466 g/mol. The van der Waals surface area contributed by atoms with Crippen molar-refractivity contribution in [1.82, 2.24) is 5.32 Å². The van der Waals surface area contributed by atoms with E-state index in [1.54, 1.807) is 11.8 Å². The van der Waals surface area contributed by atoms with Gasteiger partial charge in [0.1, 0.15) is 18.2 Å². The number of halogens is 2. The van der Waals surface area contributed by atoms with Crippen LogP contribution >= 0.6 is 11.8 Å². The van der Waals surface area contributed by atoms with E-state index in [2.05, 4.69) is 17.4 Å². The summed E-state index contributed by atoms with van der Waals surface area (Å²) in [5, 5.41) is 2.72. The van der Waals surface area contributed by atoms with Gasteiger partial charge in [-0.3, -0.25) is 9.10 Å². The lowest BCUT2D eigenvalue weighted by Gasteiger charge is -2.24. The summed E-state index contributed by atoms with van der Waals surface area (Å²) in [6.45, 7) is 1.90. The Morgan fingerprint density at radius 2 is 1.48 bits per heavy atom. The minimum Gasteiger partial charge on any atom is -0.354 e. The van der Waals surface area contributed by atoms with E-state index in [4.69, 9.17) is 0 Å². The Morgan fingerprint density at radius 1 is 0.909 bits per heavy atom. The summed E-state index contributed by atoms with van der Waals surface area (Å²) in [6, 6.07) is 17.3. The van der Waals surface area contributed by atoms with Crippen LogP contribution in [0.1, 0.15) is 11.1 Å². The SMILES string of the molecule is Cc1ccc(CSCCNC(=O)CN(c2ccc(F)cc2)S(=O)(=O)c2ccc(F)cc2)cc1. The zero-order chi connectivity index (χ0) is 23.8. The first-order valence-corrected chi connectivity index (χ1v) is 12.8. The summed E-state index contributed by atoms with van der Waals surface area (Å²) in [5.74, 6) is -0.158. The molecule has 0 saturated carbocycles. The van der Waals surface area contributed by atoms with E-state index in [1.807, 2.05) is 19.1 Å². The number of carbonyl (C=O) groups excluding carboxylic acids is 1. The predicted molar refractivity (Wildman–Crippen MR) is 128 cm³/mol. The first-order chi connectivity index (χ1) is 15.8. The highest BCUT2D eigenvalue weighted by Crippen LogP contribution is 2.24. The highest BCUT2D eigenvalue weighted by molar-refractivity contribution is 7.98. The molecule has 3 aromatic rings. The van der Waals surface area contributed by atoms with E-state index in [1.165, 1.54) is 23.3 Å². The summed E-state index contributed by atoms with van der Waals surface area (Å²) in [7, 11) is -4.18. The van der Waals surface area contributed by atoms with Crippen molar-refractivity contribution in [1.29, 1.82) is 0 Å². The summed E-state index contributed by atoms with van der Waals surface area (Å²) >= 11 is 1.65. The van der Waals surface area contributed by atoms with Crippen LogP contribution in [0.5, 0.6) is 0 Å². The van der Waals surface area contributed by atoms with E-state index in [0.29, 0.717) is 12.3 Å². The Hall–Kier alpha value is -2.91. The molecule has 3 aromatic carbocycles. The number of hydrogen-bond acceptors (Lipinski definition) is 4. The molecule has 0 fully saturated rings. The number of nitrogens with one attached hydrogen (secondary N) is 1. The normalized spacial score (nSPS) is 11.2. The van der Waals surface area contributed by atoms with Crippen molar-refractivity contribution in [2.75, 3.05) is 23.1 Å². The fourth-order valence-electron chi connectivity index (χ4n) is 2.98. The van der Waals surface area contributed by atoms with Crippen molar-refractivity contribution in [3.63, 3.8) is 0 Å². The number of carbonyl (C=O) groups is 1. The largest absolute Gasteiger partial charge is 0.354 e. The van der Waals surface area contributed by atoms with Crippen molar-refractivity contribution in [3.8, 4) is 0 Å². The maximum absolute atomic E-state index is 13.4. The van der Waals surface area contributed by atoms with Crippen molar-refractivity contribution in [2.24, 2.45) is 0 Å². The van der Waals surface area contributed by atoms with Gasteiger partial charge in [0.05, 0.1) is 10.6 Å². The lowest BCUT2D eigenvalue weighted by molar-refractivity contribution is -0.119. The van der Waals surface area contributed by atoms with Crippen LogP contribution in [0.3, 0.4) is 0 Å². The molecule has 174 valence electrons. The van der Waals surface area contributed by atoms with Gasteiger partial charge in [-0.25, -0.2) is 17.2 Å². The fraction of sp³-hybridized carbons (Fsp3) is 0.208. The number of aryl methyl sites for hydroxylation is 1. The van der Waals surface area contributed by atoms with Crippen LogP contribution in [-0.4, -0.2) is 33.2 Å². The summed E-state index contributed by atoms with van der Waals surface area (Å²) in [6.07, 6.45) is 0. The molecule has 0 aliphatic rings. The van der Waals surface area contributed by atoms with Crippen molar-refractivity contribution in [3.05, 3.63) is 95.6 Å². The second-order valence-electron chi connectivity index (χ2n) is 7.33. The molecule has 0 heterocycles. The van der Waals surface area contributed by atoms with Crippen LogP contribution in [-0.2, 0) is 20.6 Å². The number of anilines is 1. The number of nitrogens with zero attached hydrogens (tertiary/aromatic N) is 1. The molecule has 0 atom stereocenters. The van der Waals surface area contributed by atoms with Crippen molar-refractivity contribution < 1.29 is 22.0 Å². The molecule has 3 rings (SSSR count). The van der Waals surface area contributed by atoms with E-state index in [9.17, 15) is 22.0 Å². The van der Waals surface area contributed by atoms with Gasteiger partial charge in [-0.05, 0) is 61.0 Å². The maximum Gasteiger partial charge on any atom is 0.264 e. The Morgan fingerprint density at radius 3 is 2.09 bits per heavy atom. The Balaban J connectivity index is 1.63. The summed E-state index contributed by atoms with van der Waals surface area (Å²) in [5.41, 5.74) is 2.51. The number of thioether (sulfide) groups is 1. The minimum atomic E-state index is -4.18. The topological polar surface area (TPSA) is 66.5 Å². The Kier molecular flexibility index (Phi) is 8.46. The molecule has 0 aromatic heterocycles. The summed E-state index contributed by atoms with van der Waals surface area (Å²) < 4.78 is 53.8. The number of rotatable bonds is 10. The molecule has 0 saturated heterocycles. The Labute approximate surface area is 196 Å². The molecule has 0 radical (unpaired) electrons. The highest BCUT2D eigenvalue weighted by Gasteiger charge is 2.27. The van der Waals surface area contributed by atoms with Gasteiger partial charge >= 0.3 is 0 Å². The molecule has 9 heteroatoms. The van der Waals surface area contributed by atoms with Crippen LogP contribution in [0.4, 0.5) is 14.5 Å². The molecule has 0 aliphatic carbocycles. The van der Waals surface area contributed by atoms with Gasteiger partial charge in [0.2, 0.25) is 5.91 Å². The number of sulfonamides is 1.